The molecule has 0 unspecified atom stereocenters. The van der Waals surface area contributed by atoms with Crippen molar-refractivity contribution in [2.45, 2.75) is 57.8 Å². The van der Waals surface area contributed by atoms with Gasteiger partial charge in [0, 0.05) is 17.2 Å². The smallest absolute Gasteiger partial charge is 0.356 e. The topological polar surface area (TPSA) is 78.1 Å². The van der Waals surface area contributed by atoms with E-state index in [2.05, 4.69) is 22.0 Å². The minimum Gasteiger partial charge on any atom is -0.461 e. The third-order valence-corrected chi connectivity index (χ3v) is 6.00. The number of hydrogen-bond donors (Lipinski definition) is 0. The van der Waals surface area contributed by atoms with Crippen molar-refractivity contribution < 1.29 is 14.1 Å². The normalized spacial score (nSPS) is 28.1. The predicted octanol–water partition coefficient (Wildman–Crippen LogP) is 3.92. The number of carbonyl (C=O) groups is 1. The lowest BCUT2D eigenvalue weighted by molar-refractivity contribution is 0.0364. The zero-order chi connectivity index (χ0) is 17.5. The van der Waals surface area contributed by atoms with E-state index in [-0.39, 0.29) is 11.1 Å². The average Bonchev–Trinajstić information content (AvgIpc) is 3.14. The Morgan fingerprint density at radius 2 is 1.96 bits per heavy atom. The van der Waals surface area contributed by atoms with Crippen LogP contribution in [0.3, 0.4) is 0 Å². The lowest BCUT2D eigenvalue weighted by Crippen LogP contribution is -2.42. The molecule has 0 aromatic carbocycles. The molecule has 2 heterocycles. The predicted molar refractivity (Wildman–Crippen MR) is 91.0 cm³/mol. The molecule has 0 amide bonds. The molecular weight excluding hydrogens is 318 g/mol. The number of rotatable bonds is 4. The Hall–Kier alpha value is -2.24. The van der Waals surface area contributed by atoms with Gasteiger partial charge in [-0.1, -0.05) is 12.1 Å². The minimum atomic E-state index is -0.439. The summed E-state index contributed by atoms with van der Waals surface area (Å²) in [5.74, 6) is 0.820. The quantitative estimate of drug-likeness (QED) is 0.784. The molecule has 0 aliphatic heterocycles. The van der Waals surface area contributed by atoms with E-state index in [0.717, 1.165) is 30.7 Å². The molecule has 6 nitrogen and oxygen atoms in total. The molecule has 3 fully saturated rings. The Bertz CT molecular complexity index is 774. The van der Waals surface area contributed by atoms with Crippen LogP contribution >= 0.6 is 0 Å². The van der Waals surface area contributed by atoms with Gasteiger partial charge in [0.05, 0.1) is 6.61 Å². The second kappa shape index (κ2) is 5.93. The van der Waals surface area contributed by atoms with Gasteiger partial charge in [0.15, 0.2) is 0 Å². The molecule has 2 aromatic rings. The highest BCUT2D eigenvalue weighted by molar-refractivity contribution is 5.88. The number of aromatic nitrogens is 3. The lowest BCUT2D eigenvalue weighted by atomic mass is 9.54. The summed E-state index contributed by atoms with van der Waals surface area (Å²) in [6.45, 7) is 4.48. The highest BCUT2D eigenvalue weighted by atomic mass is 16.5. The molecule has 5 rings (SSSR count). The van der Waals surface area contributed by atoms with Crippen molar-refractivity contribution in [1.82, 2.24) is 15.1 Å². The molecule has 2 bridgehead atoms. The van der Waals surface area contributed by atoms with Crippen molar-refractivity contribution in [3.63, 3.8) is 0 Å². The van der Waals surface area contributed by atoms with Crippen LogP contribution in [0.5, 0.6) is 0 Å². The third kappa shape index (κ3) is 2.83. The number of carbonyl (C=O) groups excluding carboxylic acids is 1. The molecule has 3 aliphatic carbocycles. The van der Waals surface area contributed by atoms with Gasteiger partial charge in [0.2, 0.25) is 11.7 Å². The monoisotopic (exact) mass is 341 g/mol. The highest BCUT2D eigenvalue weighted by Gasteiger charge is 2.50. The highest BCUT2D eigenvalue weighted by Crippen LogP contribution is 2.57. The molecule has 2 aromatic heterocycles. The first-order valence-electron chi connectivity index (χ1n) is 9.01. The number of fused-ring (bicyclic) bond motifs is 3. The Kier molecular flexibility index (Phi) is 3.85. The molecular formula is C19H23N3O3. The van der Waals surface area contributed by atoms with Crippen LogP contribution in [0, 0.1) is 5.41 Å². The average molecular weight is 341 g/mol. The van der Waals surface area contributed by atoms with Gasteiger partial charge < -0.3 is 9.26 Å². The van der Waals surface area contributed by atoms with E-state index in [1.54, 1.807) is 25.3 Å². The van der Waals surface area contributed by atoms with Gasteiger partial charge >= 0.3 is 5.97 Å². The summed E-state index contributed by atoms with van der Waals surface area (Å²) in [7, 11) is 0. The van der Waals surface area contributed by atoms with E-state index >= 15 is 0 Å². The summed E-state index contributed by atoms with van der Waals surface area (Å²) in [5.41, 5.74) is 1.53. The molecule has 0 saturated heterocycles. The second-order valence-corrected chi connectivity index (χ2v) is 7.66. The van der Waals surface area contributed by atoms with Gasteiger partial charge in [0.25, 0.3) is 0 Å². The van der Waals surface area contributed by atoms with Crippen molar-refractivity contribution in [3.8, 4) is 11.4 Å². The Labute approximate surface area is 147 Å². The van der Waals surface area contributed by atoms with Crippen molar-refractivity contribution in [1.29, 1.82) is 0 Å². The zero-order valence-corrected chi connectivity index (χ0v) is 14.7. The van der Waals surface area contributed by atoms with Crippen molar-refractivity contribution in [3.05, 3.63) is 29.9 Å². The van der Waals surface area contributed by atoms with Crippen LogP contribution in [0.25, 0.3) is 11.4 Å². The molecule has 3 aliphatic rings. The number of esters is 1. The molecule has 3 saturated carbocycles. The molecule has 0 N–H and O–H groups in total. The van der Waals surface area contributed by atoms with E-state index in [9.17, 15) is 4.79 Å². The molecule has 0 spiro atoms. The maximum Gasteiger partial charge on any atom is 0.356 e. The molecule has 0 atom stereocenters. The largest absolute Gasteiger partial charge is 0.461 e. The van der Waals surface area contributed by atoms with Gasteiger partial charge in [-0.2, -0.15) is 4.98 Å². The first-order valence-corrected chi connectivity index (χ1v) is 9.01. The van der Waals surface area contributed by atoms with Crippen LogP contribution in [0.2, 0.25) is 0 Å². The first kappa shape index (κ1) is 16.2. The van der Waals surface area contributed by atoms with Gasteiger partial charge in [-0.25, -0.2) is 9.78 Å². The fourth-order valence-electron chi connectivity index (χ4n) is 4.14. The fraction of sp³-hybridized carbons (Fsp3) is 0.579. The summed E-state index contributed by atoms with van der Waals surface area (Å²) in [6, 6.07) is 3.44. The maximum absolute atomic E-state index is 11.9. The van der Waals surface area contributed by atoms with E-state index in [4.69, 9.17) is 9.26 Å². The Balaban J connectivity index is 1.60. The SMILES string of the molecule is CCOC(=O)c1cc(-c2noc(C34CCC(C)(CC3)CC4)n2)ccn1. The summed E-state index contributed by atoms with van der Waals surface area (Å²) in [5, 5.41) is 4.17. The van der Waals surface area contributed by atoms with Crippen LogP contribution in [0.1, 0.15) is 68.8 Å². The standard InChI is InChI=1S/C19H23N3O3/c1-3-24-16(23)14-12-13(4-11-20-14)15-21-17(25-22-15)19-8-5-18(2,6-9-19)7-10-19/h4,11-12H,3,5-10H2,1-2H3. The summed E-state index contributed by atoms with van der Waals surface area (Å²) < 4.78 is 10.7. The number of ether oxygens (including phenoxy) is 1. The van der Waals surface area contributed by atoms with Gasteiger partial charge in [0.1, 0.15) is 5.69 Å². The zero-order valence-electron chi connectivity index (χ0n) is 14.7. The number of hydrogen-bond acceptors (Lipinski definition) is 6. The van der Waals surface area contributed by atoms with Gasteiger partial charge in [-0.3, -0.25) is 0 Å². The Morgan fingerprint density at radius 1 is 1.24 bits per heavy atom. The molecule has 6 heteroatoms. The van der Waals surface area contributed by atoms with Gasteiger partial charge in [-0.05, 0) is 63.0 Å². The summed E-state index contributed by atoms with van der Waals surface area (Å²) in [4.78, 5) is 20.6. The molecule has 25 heavy (non-hydrogen) atoms. The fourth-order valence-corrected chi connectivity index (χ4v) is 4.14. The van der Waals surface area contributed by atoms with E-state index in [0.29, 0.717) is 17.8 Å². The van der Waals surface area contributed by atoms with Crippen LogP contribution in [0.4, 0.5) is 0 Å². The van der Waals surface area contributed by atoms with Crippen LogP contribution in [-0.2, 0) is 10.2 Å². The second-order valence-electron chi connectivity index (χ2n) is 7.66. The minimum absolute atomic E-state index is 0.0417. The number of nitrogens with zero attached hydrogens (tertiary/aromatic N) is 3. The van der Waals surface area contributed by atoms with E-state index in [1.165, 1.54) is 19.3 Å². The third-order valence-electron chi connectivity index (χ3n) is 6.00. The van der Waals surface area contributed by atoms with Crippen LogP contribution in [0.15, 0.2) is 22.9 Å². The van der Waals surface area contributed by atoms with Crippen LogP contribution in [-0.4, -0.2) is 27.7 Å². The summed E-state index contributed by atoms with van der Waals surface area (Å²) in [6.07, 6.45) is 8.62. The summed E-state index contributed by atoms with van der Waals surface area (Å²) >= 11 is 0. The van der Waals surface area contributed by atoms with E-state index in [1.807, 2.05) is 0 Å². The van der Waals surface area contributed by atoms with Crippen molar-refractivity contribution >= 4 is 5.97 Å². The number of pyridine rings is 1. The Morgan fingerprint density at radius 3 is 2.64 bits per heavy atom. The van der Waals surface area contributed by atoms with E-state index < -0.39 is 5.97 Å². The lowest BCUT2D eigenvalue weighted by Gasteiger charge is -2.50. The van der Waals surface area contributed by atoms with Crippen molar-refractivity contribution in [2.75, 3.05) is 6.61 Å². The first-order chi connectivity index (χ1) is 12.0. The van der Waals surface area contributed by atoms with Gasteiger partial charge in [-0.15, -0.1) is 0 Å². The molecule has 0 radical (unpaired) electrons. The molecule has 132 valence electrons. The maximum atomic E-state index is 11.9. The van der Waals surface area contributed by atoms with Crippen molar-refractivity contribution in [2.24, 2.45) is 5.41 Å². The van der Waals surface area contributed by atoms with Crippen LogP contribution < -0.4 is 0 Å².